The second-order valence-corrected chi connectivity index (χ2v) is 21.6. The van der Waals surface area contributed by atoms with Gasteiger partial charge in [0.25, 0.3) is 35.7 Å². The number of aromatic nitrogens is 1. The minimum Gasteiger partial charge on any atom is -0.744 e. The van der Waals surface area contributed by atoms with Crippen LogP contribution in [0.3, 0.4) is 0 Å². The standard InChI is InChI=1S/C43H28N4O24S4.3K/c48-30-10-11-31(49)46(30)70-36(52)18-44-24-16-28-38(22-14-20(72(54,55)56)6-8-26(22)66-28)42(74(60,61)62)40(24)68-34(44)4-2-1-3-5-35-45(19-37(53)71-47-32(50)12-13-33(47)51)25-17-29-39(43(41(25)69-35)75(63,64)65)23-15-21(73(57,58)59)7-9-27(23)67-29;;;/h1-9,14-17H,10-13,18-19H2,(H3-,54,55,56,57,58,59,60,61,62,63,64,65);;;/q;3*+1/p-3. The van der Waals surface area contributed by atoms with Crippen molar-refractivity contribution in [3.05, 3.63) is 84.6 Å². The summed E-state index contributed by atoms with van der Waals surface area (Å²) in [5.41, 5.74) is -2.61. The quantitative estimate of drug-likeness (QED) is 0.0340. The molecule has 6 heterocycles. The first-order valence-electron chi connectivity index (χ1n) is 21.0. The number of allylic oxidation sites excluding steroid dienone is 4. The maximum absolute atomic E-state index is 13.3. The minimum atomic E-state index is -5.65. The predicted molar refractivity (Wildman–Crippen MR) is 238 cm³/mol. The van der Waals surface area contributed by atoms with Crippen molar-refractivity contribution in [3.8, 4) is 5.75 Å². The molecule has 78 heavy (non-hydrogen) atoms. The first kappa shape index (κ1) is 62.1. The van der Waals surface area contributed by atoms with Gasteiger partial charge in [0.1, 0.15) is 79.1 Å². The fourth-order valence-corrected chi connectivity index (χ4v) is 11.1. The molecule has 0 atom stereocenters. The van der Waals surface area contributed by atoms with Gasteiger partial charge >= 0.3 is 172 Å². The van der Waals surface area contributed by atoms with E-state index in [0.717, 1.165) is 82.3 Å². The largest absolute Gasteiger partial charge is 1.00 e. The van der Waals surface area contributed by atoms with Crippen LogP contribution < -0.4 is 168 Å². The van der Waals surface area contributed by atoms with Crippen molar-refractivity contribution in [2.24, 2.45) is 0 Å². The molecule has 35 heteroatoms. The van der Waals surface area contributed by atoms with E-state index in [1.807, 2.05) is 0 Å². The summed E-state index contributed by atoms with van der Waals surface area (Å²) in [5.74, 6) is -7.71. The summed E-state index contributed by atoms with van der Waals surface area (Å²) in [5, 5.41) is -1.24. The van der Waals surface area contributed by atoms with E-state index in [1.54, 1.807) is 0 Å². The van der Waals surface area contributed by atoms with Gasteiger partial charge in [0.05, 0.1) is 33.0 Å². The van der Waals surface area contributed by atoms with Crippen molar-refractivity contribution in [2.45, 2.75) is 51.8 Å². The summed E-state index contributed by atoms with van der Waals surface area (Å²) >= 11 is 0. The molecule has 0 radical (unpaired) electrons. The zero-order valence-corrected chi connectivity index (χ0v) is 52.6. The molecule has 0 N–H and O–H groups in total. The van der Waals surface area contributed by atoms with E-state index in [0.29, 0.717) is 0 Å². The van der Waals surface area contributed by atoms with E-state index < -0.39 is 143 Å². The topological polar surface area (TPSA) is 412 Å². The van der Waals surface area contributed by atoms with Crippen LogP contribution in [-0.2, 0) is 85.5 Å². The van der Waals surface area contributed by atoms with Gasteiger partial charge in [-0.05, 0) is 42.5 Å². The Morgan fingerprint density at radius 1 is 0.590 bits per heavy atom. The second kappa shape index (κ2) is 23.1. The molecule has 3 aliphatic rings. The van der Waals surface area contributed by atoms with Crippen LogP contribution in [0, 0.1) is 0 Å². The number of carbonyl (C=O) groups is 6. The van der Waals surface area contributed by atoms with E-state index >= 15 is 0 Å². The SMILES string of the molecule is O=C(CN1/C(=C/C=C/C=C/c2oc3c(S(=O)(=O)[O-])c4c(cc3[n+]2CC(=O)ON2C(=O)CCC2=O)oc2ccc(S(=O)(=O)[O-])cc24)Oc2c1cc1oc3ccc(S(=O)(=O)[O-])cc3c1c2S(=O)(=O)[O-])ON1C(=O)CCC1=O.[K+].[K+].[K+]. The molecule has 0 aliphatic carbocycles. The van der Waals surface area contributed by atoms with Gasteiger partial charge in [-0.15, -0.1) is 14.7 Å². The van der Waals surface area contributed by atoms with Crippen LogP contribution in [0.5, 0.6) is 5.75 Å². The second-order valence-electron chi connectivity index (χ2n) is 16.2. The van der Waals surface area contributed by atoms with Crippen LogP contribution in [0.15, 0.2) is 112 Å². The minimum absolute atomic E-state index is 0. The van der Waals surface area contributed by atoms with Crippen LogP contribution in [0.4, 0.5) is 5.69 Å². The van der Waals surface area contributed by atoms with Gasteiger partial charge in [-0.3, -0.25) is 24.1 Å². The number of furan rings is 2. The fourth-order valence-electron chi connectivity index (χ4n) is 8.39. The number of hydrogen-bond donors (Lipinski definition) is 0. The summed E-state index contributed by atoms with van der Waals surface area (Å²) in [7, 11) is -21.6. The number of nitrogens with zero attached hydrogens (tertiary/aromatic N) is 4. The molecule has 2 saturated heterocycles. The maximum Gasteiger partial charge on any atom is 1.00 e. The molecule has 0 bridgehead atoms. The van der Waals surface area contributed by atoms with Crippen LogP contribution in [0.25, 0.3) is 61.1 Å². The Morgan fingerprint density at radius 3 is 1.58 bits per heavy atom. The van der Waals surface area contributed by atoms with E-state index in [4.69, 9.17) is 27.7 Å². The third-order valence-corrected chi connectivity index (χ3v) is 15.0. The van der Waals surface area contributed by atoms with Crippen molar-refractivity contribution in [1.29, 1.82) is 0 Å². The number of imide groups is 2. The van der Waals surface area contributed by atoms with Gasteiger partial charge in [0.2, 0.25) is 11.5 Å². The number of benzene rings is 4. The van der Waals surface area contributed by atoms with Crippen LogP contribution in [-0.4, -0.2) is 104 Å². The Bertz CT molecular complexity index is 4360. The van der Waals surface area contributed by atoms with Crippen LogP contribution in [0.1, 0.15) is 31.6 Å². The molecular weight excluding hydrogens is 1200 g/mol. The third kappa shape index (κ3) is 11.9. The zero-order valence-electron chi connectivity index (χ0n) is 40.0. The first-order valence-corrected chi connectivity index (χ1v) is 26.7. The Kier molecular flexibility index (Phi) is 18.4. The van der Waals surface area contributed by atoms with Crippen molar-refractivity contribution < 1.29 is 267 Å². The molecule has 10 rings (SSSR count). The van der Waals surface area contributed by atoms with E-state index in [1.165, 1.54) is 6.08 Å². The van der Waals surface area contributed by atoms with Gasteiger partial charge in [-0.25, -0.2) is 43.3 Å². The fraction of sp³-hybridized carbons (Fsp3) is 0.140. The van der Waals surface area contributed by atoms with Crippen molar-refractivity contribution in [1.82, 2.24) is 10.1 Å². The van der Waals surface area contributed by atoms with Crippen molar-refractivity contribution in [2.75, 3.05) is 11.4 Å². The summed E-state index contributed by atoms with van der Waals surface area (Å²) in [4.78, 5) is 82.8. The van der Waals surface area contributed by atoms with Crippen LogP contribution in [0.2, 0.25) is 0 Å². The number of hydrogen-bond acceptors (Lipinski definition) is 25. The average Bonchev–Trinajstić information content (AvgIpc) is 4.16. The number of rotatable bonds is 13. The maximum atomic E-state index is 13.3. The number of amides is 4. The Morgan fingerprint density at radius 2 is 1.08 bits per heavy atom. The Labute approximate surface area is 564 Å². The van der Waals surface area contributed by atoms with E-state index in [-0.39, 0.29) is 234 Å². The summed E-state index contributed by atoms with van der Waals surface area (Å²) in [6.45, 7) is -1.94. The molecule has 4 amide bonds. The molecule has 7 aromatic rings. The molecular formula is C43H25K3N4O24S4. The van der Waals surface area contributed by atoms with Crippen molar-refractivity contribution in [3.63, 3.8) is 0 Å². The number of hydroxylamine groups is 4. The number of fused-ring (bicyclic) bond motifs is 8. The Hall–Kier alpha value is -3.46. The molecule has 3 aromatic heterocycles. The molecule has 3 aliphatic heterocycles. The van der Waals surface area contributed by atoms with Gasteiger partial charge < -0.3 is 45.9 Å². The molecule has 28 nitrogen and oxygen atoms in total. The monoisotopic (exact) mass is 1230 g/mol. The normalized spacial score (nSPS) is 15.8. The summed E-state index contributed by atoms with van der Waals surface area (Å²) in [6, 6.07) is 7.53. The smallest absolute Gasteiger partial charge is 0.744 e. The van der Waals surface area contributed by atoms with Gasteiger partial charge in [-0.1, -0.05) is 18.2 Å². The third-order valence-electron chi connectivity index (χ3n) is 11.5. The number of ether oxygens (including phenoxy) is 1. The average molecular weight is 1230 g/mol. The number of carbonyl (C=O) groups excluding carboxylic acids is 6. The molecule has 2 fully saturated rings. The molecule has 0 unspecified atom stereocenters. The number of anilines is 1. The molecule has 0 spiro atoms. The van der Waals surface area contributed by atoms with Crippen molar-refractivity contribution >= 4 is 143 Å². The van der Waals surface area contributed by atoms with E-state index in [2.05, 4.69) is 0 Å². The predicted octanol–water partition coefficient (Wildman–Crippen LogP) is -7.33. The van der Waals surface area contributed by atoms with E-state index in [9.17, 15) is 80.6 Å². The summed E-state index contributed by atoms with van der Waals surface area (Å²) in [6.07, 6.45) is 4.50. The van der Waals surface area contributed by atoms with Gasteiger partial charge in [-0.2, -0.15) is 0 Å². The van der Waals surface area contributed by atoms with Gasteiger partial charge in [0, 0.05) is 47.9 Å². The molecule has 4 aromatic carbocycles. The summed E-state index contributed by atoms with van der Waals surface area (Å²) < 4.78 is 174. The van der Waals surface area contributed by atoms with Crippen LogP contribution >= 0.6 is 0 Å². The molecule has 388 valence electrons. The first-order chi connectivity index (χ1) is 35.2. The number of oxazole rings is 1. The zero-order chi connectivity index (χ0) is 53.8. The van der Waals surface area contributed by atoms with Gasteiger partial charge in [0.15, 0.2) is 5.75 Å². The molecule has 0 saturated carbocycles. The Balaban J connectivity index is 0.00000294.